The van der Waals surface area contributed by atoms with Crippen LogP contribution in [0.15, 0.2) is 17.5 Å². The third-order valence-corrected chi connectivity index (χ3v) is 4.00. The van der Waals surface area contributed by atoms with Crippen LogP contribution in [0.5, 0.6) is 0 Å². The Morgan fingerprint density at radius 1 is 1.65 bits per heavy atom. The van der Waals surface area contributed by atoms with Gasteiger partial charge in [-0.3, -0.25) is 4.79 Å². The molecule has 0 saturated carbocycles. The molecule has 2 rings (SSSR count). The van der Waals surface area contributed by atoms with Crippen molar-refractivity contribution in [2.45, 2.75) is 12.8 Å². The Balaban J connectivity index is 0.00000144. The molecule has 1 aromatic heterocycles. The van der Waals surface area contributed by atoms with Crippen molar-refractivity contribution in [2.75, 3.05) is 26.7 Å². The molecule has 5 heteroatoms. The van der Waals surface area contributed by atoms with Gasteiger partial charge in [-0.2, -0.15) is 0 Å². The van der Waals surface area contributed by atoms with Crippen LogP contribution in [0.4, 0.5) is 0 Å². The third kappa shape index (κ3) is 3.98. The number of hydrogen-bond acceptors (Lipinski definition) is 3. The molecule has 0 aromatic carbocycles. The van der Waals surface area contributed by atoms with E-state index in [9.17, 15) is 4.79 Å². The fourth-order valence-electron chi connectivity index (χ4n) is 2.02. The lowest BCUT2D eigenvalue weighted by Crippen LogP contribution is -2.35. The van der Waals surface area contributed by atoms with Crippen molar-refractivity contribution in [1.82, 2.24) is 10.2 Å². The van der Waals surface area contributed by atoms with Crippen LogP contribution >= 0.6 is 23.7 Å². The van der Waals surface area contributed by atoms with E-state index >= 15 is 0 Å². The summed E-state index contributed by atoms with van der Waals surface area (Å²) >= 11 is 1.76. The second-order valence-corrected chi connectivity index (χ2v) is 5.31. The molecule has 1 saturated heterocycles. The van der Waals surface area contributed by atoms with Gasteiger partial charge in [-0.05, 0) is 30.8 Å². The smallest absolute Gasteiger partial charge is 0.226 e. The van der Waals surface area contributed by atoms with Crippen LogP contribution in [-0.4, -0.2) is 37.5 Å². The first-order valence-electron chi connectivity index (χ1n) is 5.75. The zero-order chi connectivity index (χ0) is 11.4. The fourth-order valence-corrected chi connectivity index (χ4v) is 2.72. The van der Waals surface area contributed by atoms with Crippen LogP contribution in [-0.2, 0) is 11.2 Å². The number of carbonyl (C=O) groups is 1. The zero-order valence-corrected chi connectivity index (χ0v) is 11.6. The molecule has 1 atom stereocenters. The number of thiophene rings is 1. The molecule has 96 valence electrons. The predicted octanol–water partition coefficient (Wildman–Crippen LogP) is 1.78. The first-order valence-corrected chi connectivity index (χ1v) is 6.63. The Kier molecular flexibility index (Phi) is 5.95. The normalized spacial score (nSPS) is 18.8. The Morgan fingerprint density at radius 2 is 2.47 bits per heavy atom. The average molecular weight is 275 g/mol. The van der Waals surface area contributed by atoms with Crippen LogP contribution in [0.1, 0.15) is 11.3 Å². The average Bonchev–Trinajstić information content (AvgIpc) is 2.96. The summed E-state index contributed by atoms with van der Waals surface area (Å²) in [5, 5.41) is 5.31. The maximum atomic E-state index is 12.0. The van der Waals surface area contributed by atoms with E-state index < -0.39 is 0 Å². The first kappa shape index (κ1) is 14.5. The lowest BCUT2D eigenvalue weighted by Gasteiger charge is -2.20. The summed E-state index contributed by atoms with van der Waals surface area (Å²) in [7, 11) is 1.91. The number of carbonyl (C=O) groups excluding carboxylic acids is 1. The Bertz CT molecular complexity index is 336. The molecule has 3 nitrogen and oxygen atoms in total. The van der Waals surface area contributed by atoms with Crippen molar-refractivity contribution in [2.24, 2.45) is 5.92 Å². The minimum Gasteiger partial charge on any atom is -0.345 e. The molecular formula is C12H19ClN2OS. The summed E-state index contributed by atoms with van der Waals surface area (Å²) in [6.07, 6.45) is 1.96. The number of likely N-dealkylation sites (N-methyl/N-ethyl adjacent to an activating group) is 1. The SMILES string of the molecule is CN(CCc1cccs1)C(=O)C1CCNC1.Cl. The van der Waals surface area contributed by atoms with E-state index in [0.29, 0.717) is 5.91 Å². The van der Waals surface area contributed by atoms with Crippen molar-refractivity contribution in [1.29, 1.82) is 0 Å². The molecule has 1 aliphatic rings. The second-order valence-electron chi connectivity index (χ2n) is 4.28. The number of hydrogen-bond donors (Lipinski definition) is 1. The Labute approximate surface area is 113 Å². The molecule has 1 aliphatic heterocycles. The molecule has 0 bridgehead atoms. The summed E-state index contributed by atoms with van der Waals surface area (Å²) < 4.78 is 0. The fraction of sp³-hybridized carbons (Fsp3) is 0.583. The first-order chi connectivity index (χ1) is 7.77. The maximum Gasteiger partial charge on any atom is 0.226 e. The van der Waals surface area contributed by atoms with Crippen LogP contribution in [0.2, 0.25) is 0 Å². The highest BCUT2D eigenvalue weighted by molar-refractivity contribution is 7.09. The van der Waals surface area contributed by atoms with Gasteiger partial charge in [-0.25, -0.2) is 0 Å². The summed E-state index contributed by atoms with van der Waals surface area (Å²) in [4.78, 5) is 15.2. The summed E-state index contributed by atoms with van der Waals surface area (Å²) in [6.45, 7) is 2.66. The number of halogens is 1. The van der Waals surface area contributed by atoms with Crippen molar-refractivity contribution < 1.29 is 4.79 Å². The Hall–Kier alpha value is -0.580. The molecule has 1 unspecified atom stereocenters. The lowest BCUT2D eigenvalue weighted by atomic mass is 10.1. The largest absolute Gasteiger partial charge is 0.345 e. The molecule has 1 N–H and O–H groups in total. The van der Waals surface area contributed by atoms with E-state index in [4.69, 9.17) is 0 Å². The highest BCUT2D eigenvalue weighted by atomic mass is 35.5. The van der Waals surface area contributed by atoms with Crippen molar-refractivity contribution in [3.63, 3.8) is 0 Å². The highest BCUT2D eigenvalue weighted by Gasteiger charge is 2.24. The van der Waals surface area contributed by atoms with E-state index in [0.717, 1.165) is 32.5 Å². The minimum atomic E-state index is 0. The van der Waals surface area contributed by atoms with E-state index in [1.165, 1.54) is 4.88 Å². The topological polar surface area (TPSA) is 32.3 Å². The van der Waals surface area contributed by atoms with E-state index in [1.54, 1.807) is 11.3 Å². The number of amides is 1. The van der Waals surface area contributed by atoms with Gasteiger partial charge >= 0.3 is 0 Å². The van der Waals surface area contributed by atoms with Crippen LogP contribution in [0.3, 0.4) is 0 Å². The van der Waals surface area contributed by atoms with Crippen molar-refractivity contribution in [3.05, 3.63) is 22.4 Å². The number of nitrogens with one attached hydrogen (secondary N) is 1. The van der Waals surface area contributed by atoms with Gasteiger partial charge in [0.2, 0.25) is 5.91 Å². The molecule has 2 heterocycles. The van der Waals surface area contributed by atoms with Gasteiger partial charge in [-0.1, -0.05) is 6.07 Å². The van der Waals surface area contributed by atoms with Gasteiger partial charge < -0.3 is 10.2 Å². The van der Waals surface area contributed by atoms with Gasteiger partial charge in [0.15, 0.2) is 0 Å². The van der Waals surface area contributed by atoms with Gasteiger partial charge in [0.05, 0.1) is 5.92 Å². The van der Waals surface area contributed by atoms with Gasteiger partial charge in [0, 0.05) is 25.0 Å². The quantitative estimate of drug-likeness (QED) is 0.908. The summed E-state index contributed by atoms with van der Waals surface area (Å²) in [5.41, 5.74) is 0. The van der Waals surface area contributed by atoms with Gasteiger partial charge in [0.25, 0.3) is 0 Å². The summed E-state index contributed by atoms with van der Waals surface area (Å²) in [5.74, 6) is 0.495. The standard InChI is InChI=1S/C12H18N2OS.ClH/c1-14(7-5-11-3-2-8-16-11)12(15)10-4-6-13-9-10;/h2-3,8,10,13H,4-7,9H2,1H3;1H. The molecule has 1 amide bonds. The molecule has 1 fully saturated rings. The van der Waals surface area contributed by atoms with Crippen molar-refractivity contribution >= 4 is 29.7 Å². The molecule has 0 radical (unpaired) electrons. The monoisotopic (exact) mass is 274 g/mol. The zero-order valence-electron chi connectivity index (χ0n) is 10.0. The summed E-state index contributed by atoms with van der Waals surface area (Å²) in [6, 6.07) is 4.18. The molecular weight excluding hydrogens is 256 g/mol. The molecule has 0 aliphatic carbocycles. The molecule has 1 aromatic rings. The Morgan fingerprint density at radius 3 is 3.06 bits per heavy atom. The van der Waals surface area contributed by atoms with E-state index in [-0.39, 0.29) is 18.3 Å². The second kappa shape index (κ2) is 6.99. The predicted molar refractivity (Wildman–Crippen MR) is 73.9 cm³/mol. The molecule has 17 heavy (non-hydrogen) atoms. The maximum absolute atomic E-state index is 12.0. The minimum absolute atomic E-state index is 0. The molecule has 0 spiro atoms. The lowest BCUT2D eigenvalue weighted by molar-refractivity contribution is -0.133. The van der Waals surface area contributed by atoms with Crippen molar-refractivity contribution in [3.8, 4) is 0 Å². The number of rotatable bonds is 4. The van der Waals surface area contributed by atoms with Crippen LogP contribution in [0.25, 0.3) is 0 Å². The van der Waals surface area contributed by atoms with E-state index in [2.05, 4.69) is 22.8 Å². The van der Waals surface area contributed by atoms with Gasteiger partial charge in [0.1, 0.15) is 0 Å². The number of nitrogens with zero attached hydrogens (tertiary/aromatic N) is 1. The van der Waals surface area contributed by atoms with Crippen LogP contribution < -0.4 is 5.32 Å². The third-order valence-electron chi connectivity index (χ3n) is 3.06. The van der Waals surface area contributed by atoms with Gasteiger partial charge in [-0.15, -0.1) is 23.7 Å². The van der Waals surface area contributed by atoms with Crippen LogP contribution in [0, 0.1) is 5.92 Å². The highest BCUT2D eigenvalue weighted by Crippen LogP contribution is 2.13. The van der Waals surface area contributed by atoms with E-state index in [1.807, 2.05) is 11.9 Å².